The van der Waals surface area contributed by atoms with Crippen molar-refractivity contribution in [1.29, 1.82) is 0 Å². The molecule has 0 N–H and O–H groups in total. The van der Waals surface area contributed by atoms with Crippen LogP contribution in [0.3, 0.4) is 0 Å². The van der Waals surface area contributed by atoms with Gasteiger partial charge in [-0.3, -0.25) is 4.79 Å². The van der Waals surface area contributed by atoms with Crippen LogP contribution in [0.15, 0.2) is 11.3 Å². The Morgan fingerprint density at radius 3 is 2.36 bits per heavy atom. The van der Waals surface area contributed by atoms with Gasteiger partial charge in [0.15, 0.2) is 0 Å². The molecule has 1 heterocycles. The molecule has 10 heteroatoms. The van der Waals surface area contributed by atoms with Gasteiger partial charge in [0.05, 0.1) is 6.54 Å². The first-order valence-electron chi connectivity index (χ1n) is 6.26. The first kappa shape index (κ1) is 18.5. The Bertz CT molecular complexity index is 510. The van der Waals surface area contributed by atoms with Crippen molar-refractivity contribution < 1.29 is 35.9 Å². The third kappa shape index (κ3) is 5.32. The number of alkyl halides is 3. The predicted molar refractivity (Wildman–Crippen MR) is 70.8 cm³/mol. The molecule has 0 aromatic heterocycles. The van der Waals surface area contributed by atoms with Crippen molar-refractivity contribution >= 4 is 23.5 Å². The third-order valence-corrected chi connectivity index (χ3v) is 3.23. The number of halogens is 3. The molecule has 1 rings (SSSR count). The van der Waals surface area contributed by atoms with Crippen LogP contribution in [0.1, 0.15) is 27.2 Å². The van der Waals surface area contributed by atoms with Gasteiger partial charge in [-0.2, -0.15) is 13.2 Å². The Hall–Kier alpha value is -1.58. The topological polar surface area (TPSA) is 72.9 Å². The fourth-order valence-electron chi connectivity index (χ4n) is 1.57. The van der Waals surface area contributed by atoms with Gasteiger partial charge in [-0.15, -0.1) is 0 Å². The van der Waals surface area contributed by atoms with Crippen LogP contribution in [0.4, 0.5) is 18.0 Å². The Balaban J connectivity index is 2.86. The molecule has 126 valence electrons. The van der Waals surface area contributed by atoms with E-state index in [2.05, 4.69) is 4.18 Å². The van der Waals surface area contributed by atoms with Crippen LogP contribution in [0.25, 0.3) is 0 Å². The van der Waals surface area contributed by atoms with Crippen molar-refractivity contribution in [1.82, 2.24) is 4.90 Å². The summed E-state index contributed by atoms with van der Waals surface area (Å²) >= 11 is -3.60. The molecule has 0 bridgehead atoms. The molecule has 22 heavy (non-hydrogen) atoms. The molecular weight excluding hydrogens is 327 g/mol. The van der Waals surface area contributed by atoms with Crippen LogP contribution in [0.5, 0.6) is 0 Å². The summed E-state index contributed by atoms with van der Waals surface area (Å²) < 4.78 is 57.2. The smallest absolute Gasteiger partial charge is 0.444 e. The van der Waals surface area contributed by atoms with E-state index in [9.17, 15) is 27.0 Å². The van der Waals surface area contributed by atoms with Crippen LogP contribution in [0.2, 0.25) is 0 Å². The summed E-state index contributed by atoms with van der Waals surface area (Å²) in [4.78, 5) is 23.8. The Kier molecular flexibility index (Phi) is 5.60. The SMILES string of the molecule is CC(C)(C)OC(=O)N1CCC(C=O)=C(OS(=O)C(F)(F)F)C1. The maximum atomic E-state index is 12.3. The third-order valence-electron chi connectivity index (χ3n) is 2.50. The summed E-state index contributed by atoms with van der Waals surface area (Å²) in [6, 6.07) is 0. The fourth-order valence-corrected chi connectivity index (χ4v) is 2.01. The number of carbonyl (C=O) groups excluding carboxylic acids is 2. The van der Waals surface area contributed by atoms with Gasteiger partial charge in [-0.25, -0.2) is 9.00 Å². The fraction of sp³-hybridized carbons (Fsp3) is 0.667. The second-order valence-corrected chi connectivity index (χ2v) is 6.58. The first-order valence-corrected chi connectivity index (χ1v) is 7.33. The van der Waals surface area contributed by atoms with Gasteiger partial charge < -0.3 is 13.8 Å². The van der Waals surface area contributed by atoms with E-state index < -0.39 is 40.6 Å². The highest BCUT2D eigenvalue weighted by atomic mass is 32.2. The van der Waals surface area contributed by atoms with E-state index in [1.165, 1.54) is 0 Å². The van der Waals surface area contributed by atoms with E-state index in [4.69, 9.17) is 4.74 Å². The van der Waals surface area contributed by atoms with E-state index >= 15 is 0 Å². The monoisotopic (exact) mass is 343 g/mol. The molecule has 0 spiro atoms. The predicted octanol–water partition coefficient (Wildman–Crippen LogP) is 2.28. The molecule has 1 aliphatic heterocycles. The average molecular weight is 343 g/mol. The molecule has 0 saturated heterocycles. The van der Waals surface area contributed by atoms with Crippen molar-refractivity contribution in [3.63, 3.8) is 0 Å². The van der Waals surface area contributed by atoms with Gasteiger partial charge in [0, 0.05) is 12.1 Å². The largest absolute Gasteiger partial charge is 0.508 e. The van der Waals surface area contributed by atoms with E-state index in [1.54, 1.807) is 20.8 Å². The lowest BCUT2D eigenvalue weighted by atomic mass is 10.1. The minimum atomic E-state index is -5.07. The first-order chi connectivity index (χ1) is 9.94. The maximum Gasteiger partial charge on any atom is 0.508 e. The van der Waals surface area contributed by atoms with Gasteiger partial charge >= 0.3 is 22.7 Å². The maximum absolute atomic E-state index is 12.3. The molecule has 1 unspecified atom stereocenters. The molecule has 0 aliphatic carbocycles. The molecule has 0 radical (unpaired) electrons. The number of nitrogens with zero attached hydrogens (tertiary/aromatic N) is 1. The number of amides is 1. The van der Waals surface area contributed by atoms with E-state index in [-0.39, 0.29) is 18.5 Å². The zero-order valence-electron chi connectivity index (χ0n) is 12.2. The number of carbonyl (C=O) groups is 2. The van der Waals surface area contributed by atoms with Gasteiger partial charge in [0.25, 0.3) is 0 Å². The number of aldehydes is 1. The van der Waals surface area contributed by atoms with Gasteiger partial charge in [-0.1, -0.05) is 0 Å². The lowest BCUT2D eigenvalue weighted by Crippen LogP contribution is -2.41. The van der Waals surface area contributed by atoms with Gasteiger partial charge in [-0.05, 0) is 27.2 Å². The van der Waals surface area contributed by atoms with Crippen molar-refractivity contribution in [2.24, 2.45) is 0 Å². The Morgan fingerprint density at radius 1 is 1.32 bits per heavy atom. The van der Waals surface area contributed by atoms with Gasteiger partial charge in [0.2, 0.25) is 0 Å². The standard InChI is InChI=1S/C12H16F3NO5S/c1-11(2,3)20-10(18)16-5-4-8(7-17)9(6-16)21-22(19)12(13,14)15/h7H,4-6H2,1-3H3. The highest BCUT2D eigenvalue weighted by Gasteiger charge is 2.41. The van der Waals surface area contributed by atoms with E-state index in [1.807, 2.05) is 0 Å². The van der Waals surface area contributed by atoms with Crippen LogP contribution >= 0.6 is 0 Å². The molecule has 1 atom stereocenters. The summed E-state index contributed by atoms with van der Waals surface area (Å²) in [5, 5.41) is 0. The van der Waals surface area contributed by atoms with E-state index in [0.717, 1.165) is 4.90 Å². The minimum Gasteiger partial charge on any atom is -0.444 e. The van der Waals surface area contributed by atoms with Gasteiger partial charge in [0.1, 0.15) is 17.6 Å². The molecular formula is C12H16F3NO5S. The molecule has 0 saturated carbocycles. The van der Waals surface area contributed by atoms with Crippen LogP contribution in [-0.4, -0.2) is 45.7 Å². The van der Waals surface area contributed by atoms with Crippen molar-refractivity contribution in [3.05, 3.63) is 11.3 Å². The summed E-state index contributed by atoms with van der Waals surface area (Å²) in [5.41, 5.74) is -5.91. The molecule has 1 aliphatic rings. The van der Waals surface area contributed by atoms with Crippen LogP contribution in [-0.2, 0) is 24.8 Å². The summed E-state index contributed by atoms with van der Waals surface area (Å²) in [6.07, 6.45) is -0.431. The minimum absolute atomic E-state index is 0.00681. The van der Waals surface area contributed by atoms with Crippen molar-refractivity contribution in [3.8, 4) is 0 Å². The van der Waals surface area contributed by atoms with Crippen molar-refractivity contribution in [2.45, 2.75) is 38.3 Å². The molecule has 6 nitrogen and oxygen atoms in total. The lowest BCUT2D eigenvalue weighted by Gasteiger charge is -2.30. The Morgan fingerprint density at radius 2 is 1.91 bits per heavy atom. The van der Waals surface area contributed by atoms with Crippen LogP contribution < -0.4 is 0 Å². The summed E-state index contributed by atoms with van der Waals surface area (Å²) in [5.74, 6) is -0.442. The average Bonchev–Trinajstić information content (AvgIpc) is 2.35. The summed E-state index contributed by atoms with van der Waals surface area (Å²) in [7, 11) is 0. The second-order valence-electron chi connectivity index (χ2n) is 5.48. The molecule has 1 amide bonds. The highest BCUT2D eigenvalue weighted by molar-refractivity contribution is 7.81. The summed E-state index contributed by atoms with van der Waals surface area (Å²) in [6.45, 7) is 4.59. The quantitative estimate of drug-likeness (QED) is 0.735. The lowest BCUT2D eigenvalue weighted by molar-refractivity contribution is -0.105. The number of hydrogen-bond acceptors (Lipinski definition) is 5. The second kappa shape index (κ2) is 6.67. The van der Waals surface area contributed by atoms with Crippen LogP contribution in [0, 0.1) is 0 Å². The van der Waals surface area contributed by atoms with Crippen molar-refractivity contribution in [2.75, 3.05) is 13.1 Å². The number of hydrogen-bond donors (Lipinski definition) is 0. The zero-order chi connectivity index (χ0) is 17.1. The normalized spacial score (nSPS) is 18.0. The Labute approximate surface area is 127 Å². The number of rotatable bonds is 3. The molecule has 0 fully saturated rings. The highest BCUT2D eigenvalue weighted by Crippen LogP contribution is 2.26. The molecule has 0 aromatic carbocycles. The molecule has 0 aromatic rings. The number of ether oxygens (including phenoxy) is 1. The van der Waals surface area contributed by atoms with E-state index in [0.29, 0.717) is 6.29 Å². The zero-order valence-corrected chi connectivity index (χ0v) is 13.0.